The molecule has 2 rings (SSSR count). The molecule has 0 radical (unpaired) electrons. The van der Waals surface area contributed by atoms with Crippen LogP contribution in [0.1, 0.15) is 17.0 Å². The normalized spacial score (nSPS) is 11.0. The molecule has 0 bridgehead atoms. The van der Waals surface area contributed by atoms with Gasteiger partial charge in [0.15, 0.2) is 0 Å². The van der Waals surface area contributed by atoms with Gasteiger partial charge in [0.05, 0.1) is 21.5 Å². The first-order chi connectivity index (χ1) is 7.49. The summed E-state index contributed by atoms with van der Waals surface area (Å²) in [6.45, 7) is 4.63. The Labute approximate surface area is 108 Å². The Morgan fingerprint density at radius 3 is 2.44 bits per heavy atom. The van der Waals surface area contributed by atoms with Crippen molar-refractivity contribution in [2.45, 2.75) is 20.4 Å². The standard InChI is InChI=1S/C10H14IN5/c1-6-8(4-15(3)13-6)5-16-10(12)9(11)7(2)14-16/h4H,5,12H2,1-3H3. The summed E-state index contributed by atoms with van der Waals surface area (Å²) >= 11 is 2.22. The smallest absolute Gasteiger partial charge is 0.135 e. The minimum atomic E-state index is 0.676. The Hall–Kier alpha value is -1.05. The third kappa shape index (κ3) is 1.93. The van der Waals surface area contributed by atoms with E-state index >= 15 is 0 Å². The van der Waals surface area contributed by atoms with Crippen LogP contribution in [0, 0.1) is 17.4 Å². The molecule has 0 unspecified atom stereocenters. The van der Waals surface area contributed by atoms with Gasteiger partial charge in [0, 0.05) is 18.8 Å². The average Bonchev–Trinajstić information content (AvgIpc) is 2.64. The summed E-state index contributed by atoms with van der Waals surface area (Å²) < 4.78 is 4.66. The van der Waals surface area contributed by atoms with Crippen molar-refractivity contribution in [2.24, 2.45) is 7.05 Å². The number of hydrogen-bond donors (Lipinski definition) is 1. The lowest BCUT2D eigenvalue weighted by Crippen LogP contribution is -2.06. The highest BCUT2D eigenvalue weighted by atomic mass is 127. The van der Waals surface area contributed by atoms with Crippen LogP contribution in [-0.2, 0) is 13.6 Å². The Kier molecular flexibility index (Phi) is 2.92. The number of nitrogen functional groups attached to an aromatic ring is 1. The van der Waals surface area contributed by atoms with Gasteiger partial charge in [-0.15, -0.1) is 0 Å². The summed E-state index contributed by atoms with van der Waals surface area (Å²) in [5.74, 6) is 0.723. The maximum atomic E-state index is 5.97. The number of nitrogens with zero attached hydrogens (tertiary/aromatic N) is 4. The molecule has 0 amide bonds. The molecule has 0 atom stereocenters. The van der Waals surface area contributed by atoms with E-state index in [4.69, 9.17) is 5.73 Å². The first-order valence-electron chi connectivity index (χ1n) is 4.96. The second-order valence-corrected chi connectivity index (χ2v) is 4.93. The summed E-state index contributed by atoms with van der Waals surface area (Å²) in [4.78, 5) is 0. The Morgan fingerprint density at radius 1 is 1.31 bits per heavy atom. The van der Waals surface area contributed by atoms with E-state index in [0.717, 1.165) is 26.3 Å². The predicted molar refractivity (Wildman–Crippen MR) is 71.1 cm³/mol. The van der Waals surface area contributed by atoms with Gasteiger partial charge in [0.25, 0.3) is 0 Å². The van der Waals surface area contributed by atoms with E-state index in [1.54, 1.807) is 0 Å². The monoisotopic (exact) mass is 331 g/mol. The van der Waals surface area contributed by atoms with Crippen LogP contribution < -0.4 is 5.73 Å². The largest absolute Gasteiger partial charge is 0.383 e. The van der Waals surface area contributed by atoms with E-state index in [-0.39, 0.29) is 0 Å². The second kappa shape index (κ2) is 4.08. The van der Waals surface area contributed by atoms with E-state index in [1.807, 2.05) is 36.5 Å². The molecular weight excluding hydrogens is 317 g/mol. The molecule has 0 aliphatic heterocycles. The van der Waals surface area contributed by atoms with Gasteiger partial charge in [-0.25, -0.2) is 4.68 Å². The van der Waals surface area contributed by atoms with Crippen molar-refractivity contribution in [1.29, 1.82) is 0 Å². The molecular formula is C10H14IN5. The summed E-state index contributed by atoms with van der Waals surface area (Å²) in [6, 6.07) is 0. The third-order valence-electron chi connectivity index (χ3n) is 2.53. The lowest BCUT2D eigenvalue weighted by molar-refractivity contribution is 0.686. The first-order valence-corrected chi connectivity index (χ1v) is 6.04. The Balaban J connectivity index is 2.34. The lowest BCUT2D eigenvalue weighted by atomic mass is 10.3. The van der Waals surface area contributed by atoms with Crippen LogP contribution in [0.2, 0.25) is 0 Å². The van der Waals surface area contributed by atoms with Gasteiger partial charge in [-0.1, -0.05) is 0 Å². The number of hydrogen-bond acceptors (Lipinski definition) is 3. The quantitative estimate of drug-likeness (QED) is 0.848. The first kappa shape index (κ1) is 11.4. The Bertz CT molecular complexity index is 526. The van der Waals surface area contributed by atoms with Gasteiger partial charge in [0.2, 0.25) is 0 Å². The molecule has 2 aromatic rings. The van der Waals surface area contributed by atoms with Crippen molar-refractivity contribution >= 4 is 28.4 Å². The third-order valence-corrected chi connectivity index (χ3v) is 3.86. The number of aromatic nitrogens is 4. The SMILES string of the molecule is Cc1nn(C)cc1Cn1nc(C)c(I)c1N. The molecule has 0 aliphatic rings. The zero-order chi connectivity index (χ0) is 11.9. The van der Waals surface area contributed by atoms with Gasteiger partial charge in [0.1, 0.15) is 5.82 Å². The highest BCUT2D eigenvalue weighted by molar-refractivity contribution is 14.1. The number of halogens is 1. The highest BCUT2D eigenvalue weighted by Gasteiger charge is 2.11. The lowest BCUT2D eigenvalue weighted by Gasteiger charge is -2.02. The molecule has 2 N–H and O–H groups in total. The molecule has 86 valence electrons. The van der Waals surface area contributed by atoms with Crippen molar-refractivity contribution in [1.82, 2.24) is 19.6 Å². The van der Waals surface area contributed by atoms with Crippen LogP contribution in [0.25, 0.3) is 0 Å². The van der Waals surface area contributed by atoms with E-state index < -0.39 is 0 Å². The molecule has 6 heteroatoms. The summed E-state index contributed by atoms with van der Waals surface area (Å²) in [5, 5.41) is 8.70. The minimum absolute atomic E-state index is 0.676. The maximum absolute atomic E-state index is 5.97. The molecule has 0 aliphatic carbocycles. The van der Waals surface area contributed by atoms with Crippen molar-refractivity contribution < 1.29 is 0 Å². The van der Waals surface area contributed by atoms with Gasteiger partial charge in [-0.2, -0.15) is 10.2 Å². The van der Waals surface area contributed by atoms with E-state index in [2.05, 4.69) is 32.8 Å². The molecule has 2 aromatic heterocycles. The Morgan fingerprint density at radius 2 is 2.00 bits per heavy atom. The number of anilines is 1. The summed E-state index contributed by atoms with van der Waals surface area (Å²) in [6.07, 6.45) is 2.00. The van der Waals surface area contributed by atoms with Gasteiger partial charge < -0.3 is 5.73 Å². The molecule has 16 heavy (non-hydrogen) atoms. The zero-order valence-electron chi connectivity index (χ0n) is 9.53. The van der Waals surface area contributed by atoms with Crippen molar-refractivity contribution in [2.75, 3.05) is 5.73 Å². The molecule has 0 spiro atoms. The van der Waals surface area contributed by atoms with E-state index in [9.17, 15) is 0 Å². The van der Waals surface area contributed by atoms with Gasteiger partial charge >= 0.3 is 0 Å². The zero-order valence-corrected chi connectivity index (χ0v) is 11.7. The van der Waals surface area contributed by atoms with Crippen LogP contribution in [0.3, 0.4) is 0 Å². The van der Waals surface area contributed by atoms with Gasteiger partial charge in [-0.3, -0.25) is 4.68 Å². The molecule has 2 heterocycles. The summed E-state index contributed by atoms with van der Waals surface area (Å²) in [5.41, 5.74) is 9.11. The molecule has 0 fully saturated rings. The summed E-state index contributed by atoms with van der Waals surface area (Å²) in [7, 11) is 1.91. The van der Waals surface area contributed by atoms with E-state index in [0.29, 0.717) is 6.54 Å². The van der Waals surface area contributed by atoms with Crippen LogP contribution in [0.4, 0.5) is 5.82 Å². The van der Waals surface area contributed by atoms with Crippen LogP contribution in [0.5, 0.6) is 0 Å². The van der Waals surface area contributed by atoms with Crippen molar-refractivity contribution in [3.8, 4) is 0 Å². The topological polar surface area (TPSA) is 61.7 Å². The number of nitrogens with two attached hydrogens (primary N) is 1. The fraction of sp³-hybridized carbons (Fsp3) is 0.400. The van der Waals surface area contributed by atoms with Crippen LogP contribution in [0.15, 0.2) is 6.20 Å². The number of aryl methyl sites for hydroxylation is 3. The van der Waals surface area contributed by atoms with Crippen molar-refractivity contribution in [3.63, 3.8) is 0 Å². The fourth-order valence-corrected chi connectivity index (χ4v) is 2.05. The molecule has 0 saturated carbocycles. The molecule has 0 aromatic carbocycles. The van der Waals surface area contributed by atoms with E-state index in [1.165, 1.54) is 0 Å². The van der Waals surface area contributed by atoms with Crippen LogP contribution >= 0.6 is 22.6 Å². The minimum Gasteiger partial charge on any atom is -0.383 e. The average molecular weight is 331 g/mol. The molecule has 0 saturated heterocycles. The second-order valence-electron chi connectivity index (χ2n) is 3.86. The molecule has 5 nitrogen and oxygen atoms in total. The highest BCUT2D eigenvalue weighted by Crippen LogP contribution is 2.19. The maximum Gasteiger partial charge on any atom is 0.135 e. The van der Waals surface area contributed by atoms with Gasteiger partial charge in [-0.05, 0) is 36.4 Å². The fourth-order valence-electron chi connectivity index (χ4n) is 1.66. The van der Waals surface area contributed by atoms with Crippen molar-refractivity contribution in [3.05, 3.63) is 26.7 Å². The predicted octanol–water partition coefficient (Wildman–Crippen LogP) is 1.47. The number of rotatable bonds is 2. The van der Waals surface area contributed by atoms with Crippen LogP contribution in [-0.4, -0.2) is 19.6 Å².